The van der Waals surface area contributed by atoms with Crippen molar-refractivity contribution in [2.24, 2.45) is 0 Å². The highest BCUT2D eigenvalue weighted by atomic mass is 35.5. The lowest BCUT2D eigenvalue weighted by atomic mass is 10.3. The molecule has 0 unspecified atom stereocenters. The predicted octanol–water partition coefficient (Wildman–Crippen LogP) is 4.21. The van der Waals surface area contributed by atoms with Crippen molar-refractivity contribution in [1.29, 1.82) is 0 Å². The third kappa shape index (κ3) is 3.02. The zero-order chi connectivity index (χ0) is 12.1. The van der Waals surface area contributed by atoms with Gasteiger partial charge in [0.1, 0.15) is 5.75 Å². The molecule has 3 heteroatoms. The molecule has 3 aromatic rings. The van der Waals surface area contributed by atoms with Crippen LogP contribution in [0.4, 0.5) is 0 Å². The minimum absolute atomic E-state index is 0.133. The van der Waals surface area contributed by atoms with Crippen LogP contribution in [-0.4, -0.2) is 10.1 Å². The van der Waals surface area contributed by atoms with Crippen LogP contribution in [-0.2, 0) is 0 Å². The van der Waals surface area contributed by atoms with E-state index in [1.54, 1.807) is 24.3 Å². The molecule has 1 aromatic heterocycles. The van der Waals surface area contributed by atoms with Crippen molar-refractivity contribution >= 4 is 22.5 Å². The fourth-order valence-corrected chi connectivity index (χ4v) is 1.58. The summed E-state index contributed by atoms with van der Waals surface area (Å²) in [6.45, 7) is 0. The van der Waals surface area contributed by atoms with Gasteiger partial charge in [0.05, 0.1) is 5.02 Å². The first-order chi connectivity index (χ1) is 8.27. The quantitative estimate of drug-likeness (QED) is 0.611. The van der Waals surface area contributed by atoms with Gasteiger partial charge in [0.2, 0.25) is 0 Å². The van der Waals surface area contributed by atoms with Crippen molar-refractivity contribution in [3.63, 3.8) is 0 Å². The van der Waals surface area contributed by atoms with E-state index in [0.29, 0.717) is 5.02 Å². The van der Waals surface area contributed by atoms with Crippen LogP contribution >= 0.6 is 11.6 Å². The van der Waals surface area contributed by atoms with E-state index >= 15 is 0 Å². The summed E-state index contributed by atoms with van der Waals surface area (Å²) in [5.74, 6) is 0.133. The van der Waals surface area contributed by atoms with Gasteiger partial charge in [-0.3, -0.25) is 0 Å². The second kappa shape index (κ2) is 5.41. The van der Waals surface area contributed by atoms with Gasteiger partial charge in [-0.1, -0.05) is 41.9 Å². The molecule has 2 nitrogen and oxygen atoms in total. The van der Waals surface area contributed by atoms with Gasteiger partial charge >= 0.3 is 0 Å². The summed E-state index contributed by atoms with van der Waals surface area (Å²) in [5, 5.41) is 10.5. The Balaban J connectivity index is 0.000000128. The predicted molar refractivity (Wildman–Crippen MR) is 71.4 cm³/mol. The fraction of sp³-hybridized carbons (Fsp3) is 0. The maximum absolute atomic E-state index is 8.79. The van der Waals surface area contributed by atoms with Crippen molar-refractivity contribution in [2.45, 2.75) is 0 Å². The Morgan fingerprint density at radius 2 is 1.59 bits per heavy atom. The second-order valence-electron chi connectivity index (χ2n) is 3.52. The first kappa shape index (κ1) is 11.6. The highest BCUT2D eigenvalue weighted by molar-refractivity contribution is 6.31. The highest BCUT2D eigenvalue weighted by Crippen LogP contribution is 2.20. The summed E-state index contributed by atoms with van der Waals surface area (Å²) >= 11 is 5.46. The summed E-state index contributed by atoms with van der Waals surface area (Å²) in [6, 6.07) is 17.0. The molecule has 0 aliphatic heterocycles. The zero-order valence-electron chi connectivity index (χ0n) is 9.10. The fourth-order valence-electron chi connectivity index (χ4n) is 1.45. The summed E-state index contributed by atoms with van der Waals surface area (Å²) in [4.78, 5) is 3.12. The van der Waals surface area contributed by atoms with E-state index in [9.17, 15) is 0 Å². The summed E-state index contributed by atoms with van der Waals surface area (Å²) in [7, 11) is 0. The van der Waals surface area contributed by atoms with Crippen molar-refractivity contribution in [2.75, 3.05) is 0 Å². The molecule has 17 heavy (non-hydrogen) atoms. The Bertz CT molecular complexity index is 552. The lowest BCUT2D eigenvalue weighted by Gasteiger charge is -1.89. The van der Waals surface area contributed by atoms with Crippen LogP contribution in [0.25, 0.3) is 10.9 Å². The number of benzene rings is 2. The number of rotatable bonds is 0. The van der Waals surface area contributed by atoms with Gasteiger partial charge < -0.3 is 10.1 Å². The highest BCUT2D eigenvalue weighted by Gasteiger charge is 1.89. The number of aromatic amines is 1. The monoisotopic (exact) mass is 245 g/mol. The SMILES string of the molecule is Oc1ccccc1Cl.c1ccc2[nH]ccc2c1. The van der Waals surface area contributed by atoms with Gasteiger partial charge in [-0.05, 0) is 29.7 Å². The Hall–Kier alpha value is -1.93. The van der Waals surface area contributed by atoms with Gasteiger partial charge in [0.15, 0.2) is 0 Å². The Labute approximate surface area is 104 Å². The number of halogens is 1. The average molecular weight is 246 g/mol. The summed E-state index contributed by atoms with van der Waals surface area (Å²) in [6.07, 6.45) is 1.95. The van der Waals surface area contributed by atoms with E-state index in [2.05, 4.69) is 23.2 Å². The minimum atomic E-state index is 0.133. The number of H-pyrrole nitrogens is 1. The number of hydrogen-bond donors (Lipinski definition) is 2. The lowest BCUT2D eigenvalue weighted by molar-refractivity contribution is 0.475. The van der Waals surface area contributed by atoms with Crippen LogP contribution in [0.15, 0.2) is 60.8 Å². The molecule has 1 heterocycles. The van der Waals surface area contributed by atoms with Crippen LogP contribution in [0.1, 0.15) is 0 Å². The zero-order valence-corrected chi connectivity index (χ0v) is 9.85. The Kier molecular flexibility index (Phi) is 3.68. The van der Waals surface area contributed by atoms with Crippen LogP contribution in [0.5, 0.6) is 5.75 Å². The third-order valence-electron chi connectivity index (χ3n) is 2.31. The van der Waals surface area contributed by atoms with E-state index in [0.717, 1.165) is 0 Å². The van der Waals surface area contributed by atoms with Crippen LogP contribution < -0.4 is 0 Å². The van der Waals surface area contributed by atoms with E-state index in [4.69, 9.17) is 16.7 Å². The van der Waals surface area contributed by atoms with E-state index in [1.165, 1.54) is 10.9 Å². The molecule has 0 saturated heterocycles. The summed E-state index contributed by atoms with van der Waals surface area (Å²) in [5.41, 5.74) is 1.21. The van der Waals surface area contributed by atoms with Crippen LogP contribution in [0.2, 0.25) is 5.02 Å². The molecule has 3 rings (SSSR count). The standard InChI is InChI=1S/C8H7N.C6H5ClO/c1-2-4-8-7(3-1)5-6-9-8;7-5-3-1-2-4-6(5)8/h1-6,9H;1-4,8H. The third-order valence-corrected chi connectivity index (χ3v) is 2.63. The molecular formula is C14H12ClNO. The van der Waals surface area contributed by atoms with Crippen molar-refractivity contribution in [3.05, 3.63) is 65.8 Å². The van der Waals surface area contributed by atoms with Crippen molar-refractivity contribution in [1.82, 2.24) is 4.98 Å². The summed E-state index contributed by atoms with van der Waals surface area (Å²) < 4.78 is 0. The maximum atomic E-state index is 8.79. The normalized spacial score (nSPS) is 9.71. The number of hydrogen-bond acceptors (Lipinski definition) is 1. The van der Waals surface area contributed by atoms with Gasteiger partial charge in [-0.25, -0.2) is 0 Å². The van der Waals surface area contributed by atoms with Gasteiger partial charge in [-0.15, -0.1) is 0 Å². The molecule has 0 saturated carbocycles. The number of phenols is 1. The minimum Gasteiger partial charge on any atom is -0.506 e. The van der Waals surface area contributed by atoms with Gasteiger partial charge in [0, 0.05) is 11.7 Å². The van der Waals surface area contributed by atoms with Crippen LogP contribution in [0, 0.1) is 0 Å². The molecule has 0 radical (unpaired) electrons. The Morgan fingerprint density at radius 1 is 0.882 bits per heavy atom. The Morgan fingerprint density at radius 3 is 2.24 bits per heavy atom. The molecular weight excluding hydrogens is 234 g/mol. The van der Waals surface area contributed by atoms with Crippen LogP contribution in [0.3, 0.4) is 0 Å². The molecule has 2 N–H and O–H groups in total. The first-order valence-electron chi connectivity index (χ1n) is 5.23. The molecule has 0 bridgehead atoms. The molecule has 0 fully saturated rings. The molecule has 2 aromatic carbocycles. The van der Waals surface area contributed by atoms with Gasteiger partial charge in [-0.2, -0.15) is 0 Å². The van der Waals surface area contributed by atoms with Crippen molar-refractivity contribution < 1.29 is 5.11 Å². The maximum Gasteiger partial charge on any atom is 0.134 e. The smallest absolute Gasteiger partial charge is 0.134 e. The van der Waals surface area contributed by atoms with E-state index < -0.39 is 0 Å². The molecule has 0 atom stereocenters. The number of para-hydroxylation sites is 2. The van der Waals surface area contributed by atoms with Gasteiger partial charge in [0.25, 0.3) is 0 Å². The van der Waals surface area contributed by atoms with Crippen molar-refractivity contribution in [3.8, 4) is 5.75 Å². The lowest BCUT2D eigenvalue weighted by Crippen LogP contribution is -1.62. The number of nitrogens with one attached hydrogen (secondary N) is 1. The first-order valence-corrected chi connectivity index (χ1v) is 5.61. The number of aromatic hydroxyl groups is 1. The average Bonchev–Trinajstić information content (AvgIpc) is 2.82. The molecule has 86 valence electrons. The number of fused-ring (bicyclic) bond motifs is 1. The molecule has 0 amide bonds. The molecule has 0 aliphatic rings. The number of phenolic OH excluding ortho intramolecular Hbond substituents is 1. The topological polar surface area (TPSA) is 36.0 Å². The number of aromatic nitrogens is 1. The largest absolute Gasteiger partial charge is 0.506 e. The van der Waals surface area contributed by atoms with E-state index in [1.807, 2.05) is 18.3 Å². The second-order valence-corrected chi connectivity index (χ2v) is 3.92. The molecule has 0 spiro atoms. The van der Waals surface area contributed by atoms with E-state index in [-0.39, 0.29) is 5.75 Å². The molecule has 0 aliphatic carbocycles.